The second kappa shape index (κ2) is 14.2. The minimum absolute atomic E-state index is 0.461. The molecule has 1 aliphatic rings. The highest BCUT2D eigenvalue weighted by molar-refractivity contribution is 5.89. The molecule has 0 aliphatic heterocycles. The van der Waals surface area contributed by atoms with E-state index < -0.39 is 5.41 Å². The number of hydrogen-bond donors (Lipinski definition) is 0. The van der Waals surface area contributed by atoms with Crippen LogP contribution in [0.5, 0.6) is 0 Å². The van der Waals surface area contributed by atoms with Crippen LogP contribution in [0.2, 0.25) is 0 Å². The molecule has 1 heteroatoms. The average Bonchev–Trinajstić information content (AvgIpc) is 3.55. The van der Waals surface area contributed by atoms with Crippen LogP contribution in [-0.4, -0.2) is 0 Å². The van der Waals surface area contributed by atoms with Gasteiger partial charge in [-0.25, -0.2) is 0 Å². The van der Waals surface area contributed by atoms with Crippen LogP contribution < -0.4 is 4.90 Å². The number of aryl methyl sites for hydroxylation is 2. The van der Waals surface area contributed by atoms with Crippen molar-refractivity contribution in [3.63, 3.8) is 0 Å². The second-order valence-electron chi connectivity index (χ2n) is 14.2. The van der Waals surface area contributed by atoms with Crippen LogP contribution in [0, 0.1) is 0 Å². The maximum atomic E-state index is 2.44. The summed E-state index contributed by atoms with van der Waals surface area (Å²) in [5.41, 5.74) is 18.6. The van der Waals surface area contributed by atoms with E-state index in [0.29, 0.717) is 0 Å². The van der Waals surface area contributed by atoms with Crippen LogP contribution in [0.3, 0.4) is 0 Å². The third-order valence-corrected chi connectivity index (χ3v) is 11.3. The number of rotatable bonds is 9. The van der Waals surface area contributed by atoms with E-state index in [1.807, 2.05) is 0 Å². The summed E-state index contributed by atoms with van der Waals surface area (Å²) >= 11 is 0. The van der Waals surface area contributed by atoms with E-state index >= 15 is 0 Å². The van der Waals surface area contributed by atoms with Gasteiger partial charge in [0.15, 0.2) is 0 Å². The summed E-state index contributed by atoms with van der Waals surface area (Å²) in [6.45, 7) is 4.50. The lowest BCUT2D eigenvalue weighted by Crippen LogP contribution is -2.28. The second-order valence-corrected chi connectivity index (χ2v) is 14.2. The summed E-state index contributed by atoms with van der Waals surface area (Å²) in [5, 5.41) is 0. The van der Waals surface area contributed by atoms with Gasteiger partial charge in [-0.15, -0.1) is 0 Å². The monoisotopic (exact) mass is 693 g/mol. The van der Waals surface area contributed by atoms with Crippen LogP contribution in [-0.2, 0) is 18.3 Å². The van der Waals surface area contributed by atoms with Gasteiger partial charge in [-0.1, -0.05) is 178 Å². The van der Waals surface area contributed by atoms with E-state index in [1.165, 1.54) is 66.8 Å². The molecule has 8 aromatic carbocycles. The zero-order valence-corrected chi connectivity index (χ0v) is 30.9. The standard InChI is InChI=1S/C53H43N/c1-3-38-18-14-15-25-47(38)48-34-30-41(36-39(48)4-2)40-28-31-45(32-29-40)54(44-23-12-7-13-24-44)46-33-35-50-49-26-16-17-27-51(49)53(52(50)37-46,42-19-8-5-9-20-42)43-21-10-6-11-22-43/h5-37H,3-4H2,1-2H3. The Balaban J connectivity index is 1.17. The molecule has 0 fully saturated rings. The zero-order chi connectivity index (χ0) is 36.5. The average molecular weight is 694 g/mol. The number of fused-ring (bicyclic) bond motifs is 3. The molecule has 1 aliphatic carbocycles. The molecule has 260 valence electrons. The number of nitrogens with zero attached hydrogens (tertiary/aromatic N) is 1. The normalized spacial score (nSPS) is 12.6. The van der Waals surface area contributed by atoms with Gasteiger partial charge in [0.25, 0.3) is 0 Å². The van der Waals surface area contributed by atoms with E-state index in [-0.39, 0.29) is 0 Å². The van der Waals surface area contributed by atoms with Crippen molar-refractivity contribution in [1.29, 1.82) is 0 Å². The summed E-state index contributed by atoms with van der Waals surface area (Å²) in [5.74, 6) is 0. The van der Waals surface area contributed by atoms with Crippen LogP contribution in [0.4, 0.5) is 17.1 Å². The Morgan fingerprint density at radius 1 is 0.352 bits per heavy atom. The van der Waals surface area contributed by atoms with Crippen LogP contribution in [0.15, 0.2) is 200 Å². The van der Waals surface area contributed by atoms with Crippen molar-refractivity contribution < 1.29 is 0 Å². The molecule has 0 bridgehead atoms. The molecule has 0 N–H and O–H groups in total. The molecular weight excluding hydrogens is 651 g/mol. The minimum atomic E-state index is -0.461. The van der Waals surface area contributed by atoms with Crippen LogP contribution in [0.25, 0.3) is 33.4 Å². The number of benzene rings is 8. The molecular formula is C53H43N. The summed E-state index contributed by atoms with van der Waals surface area (Å²) in [6.07, 6.45) is 2.01. The number of para-hydroxylation sites is 1. The first-order valence-electron chi connectivity index (χ1n) is 19.2. The minimum Gasteiger partial charge on any atom is -0.310 e. The fourth-order valence-electron chi connectivity index (χ4n) is 8.82. The molecule has 0 atom stereocenters. The van der Waals surface area contributed by atoms with Crippen molar-refractivity contribution in [1.82, 2.24) is 0 Å². The molecule has 0 unspecified atom stereocenters. The first-order chi connectivity index (χ1) is 26.7. The largest absolute Gasteiger partial charge is 0.310 e. The van der Waals surface area contributed by atoms with Gasteiger partial charge < -0.3 is 4.90 Å². The van der Waals surface area contributed by atoms with Crippen LogP contribution in [0.1, 0.15) is 47.2 Å². The van der Waals surface area contributed by atoms with Gasteiger partial charge in [-0.3, -0.25) is 0 Å². The van der Waals surface area contributed by atoms with E-state index in [0.717, 1.165) is 29.9 Å². The predicted octanol–water partition coefficient (Wildman–Crippen LogP) is 14.0. The Morgan fingerprint density at radius 3 is 1.50 bits per heavy atom. The van der Waals surface area contributed by atoms with Gasteiger partial charge in [0, 0.05) is 17.1 Å². The van der Waals surface area contributed by atoms with Crippen molar-refractivity contribution in [3.8, 4) is 33.4 Å². The maximum Gasteiger partial charge on any atom is 0.0714 e. The van der Waals surface area contributed by atoms with Crippen LogP contribution >= 0.6 is 0 Å². The fourth-order valence-corrected chi connectivity index (χ4v) is 8.82. The van der Waals surface area contributed by atoms with Gasteiger partial charge in [0.1, 0.15) is 0 Å². The Bertz CT molecular complexity index is 2510. The van der Waals surface area contributed by atoms with E-state index in [1.54, 1.807) is 0 Å². The van der Waals surface area contributed by atoms with Gasteiger partial charge in [0.2, 0.25) is 0 Å². The lowest BCUT2D eigenvalue weighted by Gasteiger charge is -2.35. The summed E-state index contributed by atoms with van der Waals surface area (Å²) < 4.78 is 0. The Labute approximate surface area is 319 Å². The highest BCUT2D eigenvalue weighted by atomic mass is 15.1. The zero-order valence-electron chi connectivity index (χ0n) is 30.9. The first-order valence-corrected chi connectivity index (χ1v) is 19.2. The molecule has 0 saturated carbocycles. The van der Waals surface area contributed by atoms with Crippen molar-refractivity contribution in [3.05, 3.63) is 234 Å². The van der Waals surface area contributed by atoms with Crippen molar-refractivity contribution in [2.75, 3.05) is 4.90 Å². The van der Waals surface area contributed by atoms with Crippen molar-refractivity contribution >= 4 is 17.1 Å². The van der Waals surface area contributed by atoms with E-state index in [4.69, 9.17) is 0 Å². The maximum absolute atomic E-state index is 2.44. The summed E-state index contributed by atoms with van der Waals surface area (Å²) in [6, 6.07) is 73.8. The lowest BCUT2D eigenvalue weighted by molar-refractivity contribution is 0.768. The molecule has 8 aromatic rings. The molecule has 0 aromatic heterocycles. The third kappa shape index (κ3) is 5.56. The highest BCUT2D eigenvalue weighted by Gasteiger charge is 2.46. The van der Waals surface area contributed by atoms with Gasteiger partial charge in [-0.05, 0) is 116 Å². The van der Waals surface area contributed by atoms with Gasteiger partial charge in [-0.2, -0.15) is 0 Å². The fraction of sp³-hybridized carbons (Fsp3) is 0.0943. The molecule has 0 spiro atoms. The highest BCUT2D eigenvalue weighted by Crippen LogP contribution is 2.57. The van der Waals surface area contributed by atoms with E-state index in [9.17, 15) is 0 Å². The number of anilines is 3. The lowest BCUT2D eigenvalue weighted by atomic mass is 9.67. The first kappa shape index (κ1) is 33.4. The molecule has 0 radical (unpaired) electrons. The summed E-state index contributed by atoms with van der Waals surface area (Å²) in [7, 11) is 0. The molecule has 0 heterocycles. The Hall–Kier alpha value is -6.44. The predicted molar refractivity (Wildman–Crippen MR) is 228 cm³/mol. The quantitative estimate of drug-likeness (QED) is 0.145. The molecule has 0 saturated heterocycles. The topological polar surface area (TPSA) is 3.24 Å². The van der Waals surface area contributed by atoms with Gasteiger partial charge >= 0.3 is 0 Å². The SMILES string of the molecule is CCc1ccccc1-c1ccc(-c2ccc(N(c3ccccc3)c3ccc4c(c3)C(c3ccccc3)(c3ccccc3)c3ccccc3-4)cc2)cc1CC. The molecule has 1 nitrogen and oxygen atoms in total. The molecule has 54 heavy (non-hydrogen) atoms. The van der Waals surface area contributed by atoms with Gasteiger partial charge in [0.05, 0.1) is 5.41 Å². The number of hydrogen-bond acceptors (Lipinski definition) is 1. The Kier molecular flexibility index (Phi) is 8.77. The molecule has 9 rings (SSSR count). The smallest absolute Gasteiger partial charge is 0.0714 e. The molecule has 0 amide bonds. The third-order valence-electron chi connectivity index (χ3n) is 11.3. The summed E-state index contributed by atoms with van der Waals surface area (Å²) in [4.78, 5) is 2.40. The Morgan fingerprint density at radius 2 is 0.833 bits per heavy atom. The van der Waals surface area contributed by atoms with E-state index in [2.05, 4.69) is 219 Å². The van der Waals surface area contributed by atoms with Crippen molar-refractivity contribution in [2.24, 2.45) is 0 Å². The van der Waals surface area contributed by atoms with Crippen molar-refractivity contribution in [2.45, 2.75) is 32.1 Å².